The molecule has 1 aromatic heterocycles. The molecular weight excluding hydrogens is 232 g/mol. The third-order valence-corrected chi connectivity index (χ3v) is 3.45. The lowest BCUT2D eigenvalue weighted by atomic mass is 9.99. The summed E-state index contributed by atoms with van der Waals surface area (Å²) < 4.78 is 10.8. The molecule has 5 heteroatoms. The molecule has 1 aliphatic heterocycles. The molecule has 5 nitrogen and oxygen atoms in total. The van der Waals surface area contributed by atoms with E-state index in [-0.39, 0.29) is 12.1 Å². The van der Waals surface area contributed by atoms with Gasteiger partial charge in [-0.15, -0.1) is 0 Å². The van der Waals surface area contributed by atoms with Gasteiger partial charge in [-0.2, -0.15) is 0 Å². The number of aromatic nitrogens is 1. The standard InChI is InChI=1S/C13H16N2O3/c1-14-12(10-3-2-6-17-10)8-4-5-9-11(7-8)18-13(16)15-9/h4-5,7,10,12,14H,2-3,6H2,1H3,(H,15,16). The number of likely N-dealkylation sites (N-methyl/N-ethyl adjacent to an activating group) is 1. The largest absolute Gasteiger partial charge is 0.417 e. The lowest BCUT2D eigenvalue weighted by Gasteiger charge is -2.22. The SMILES string of the molecule is CNC(c1ccc2[nH]c(=O)oc2c1)C1CCCO1. The molecule has 0 amide bonds. The van der Waals surface area contributed by atoms with Crippen molar-refractivity contribution >= 4 is 11.1 Å². The molecule has 0 spiro atoms. The van der Waals surface area contributed by atoms with Crippen LogP contribution in [-0.4, -0.2) is 24.7 Å². The number of rotatable bonds is 3. The van der Waals surface area contributed by atoms with Gasteiger partial charge >= 0.3 is 5.76 Å². The van der Waals surface area contributed by atoms with Crippen LogP contribution in [0.4, 0.5) is 0 Å². The first kappa shape index (κ1) is 11.5. The number of H-pyrrole nitrogens is 1. The van der Waals surface area contributed by atoms with Crippen molar-refractivity contribution in [2.45, 2.75) is 25.0 Å². The van der Waals surface area contributed by atoms with Crippen molar-refractivity contribution in [2.24, 2.45) is 0 Å². The van der Waals surface area contributed by atoms with Crippen LogP contribution in [0.1, 0.15) is 24.4 Å². The zero-order valence-corrected chi connectivity index (χ0v) is 10.2. The van der Waals surface area contributed by atoms with E-state index in [0.717, 1.165) is 30.5 Å². The van der Waals surface area contributed by atoms with Crippen LogP contribution < -0.4 is 11.1 Å². The first-order valence-corrected chi connectivity index (χ1v) is 6.19. The average molecular weight is 248 g/mol. The minimum absolute atomic E-state index is 0.136. The monoisotopic (exact) mass is 248 g/mol. The van der Waals surface area contributed by atoms with Gasteiger partial charge in [0.2, 0.25) is 0 Å². The van der Waals surface area contributed by atoms with Crippen molar-refractivity contribution in [1.29, 1.82) is 0 Å². The number of ether oxygens (including phenoxy) is 1. The summed E-state index contributed by atoms with van der Waals surface area (Å²) in [7, 11) is 1.92. The molecule has 2 N–H and O–H groups in total. The zero-order valence-electron chi connectivity index (χ0n) is 10.2. The molecule has 2 heterocycles. The smallest absolute Gasteiger partial charge is 0.408 e. The Morgan fingerprint density at radius 3 is 3.11 bits per heavy atom. The van der Waals surface area contributed by atoms with Crippen LogP contribution in [-0.2, 0) is 4.74 Å². The lowest BCUT2D eigenvalue weighted by Crippen LogP contribution is -2.28. The van der Waals surface area contributed by atoms with Gasteiger partial charge in [0, 0.05) is 6.61 Å². The third-order valence-electron chi connectivity index (χ3n) is 3.45. The van der Waals surface area contributed by atoms with Crippen molar-refractivity contribution in [3.8, 4) is 0 Å². The van der Waals surface area contributed by atoms with Crippen molar-refractivity contribution in [3.63, 3.8) is 0 Å². The Kier molecular flexibility index (Phi) is 2.93. The van der Waals surface area contributed by atoms with Crippen LogP contribution in [0.15, 0.2) is 27.4 Å². The maximum Gasteiger partial charge on any atom is 0.417 e. The van der Waals surface area contributed by atoms with E-state index in [0.29, 0.717) is 5.58 Å². The van der Waals surface area contributed by atoms with Crippen molar-refractivity contribution in [3.05, 3.63) is 34.3 Å². The number of aromatic amines is 1. The molecule has 0 radical (unpaired) electrons. The maximum atomic E-state index is 11.1. The van der Waals surface area contributed by atoms with E-state index in [1.807, 2.05) is 25.2 Å². The molecule has 0 bridgehead atoms. The second-order valence-corrected chi connectivity index (χ2v) is 4.59. The quantitative estimate of drug-likeness (QED) is 0.865. The van der Waals surface area contributed by atoms with Gasteiger partial charge in [-0.1, -0.05) is 6.07 Å². The summed E-state index contributed by atoms with van der Waals surface area (Å²) in [4.78, 5) is 13.8. The Hall–Kier alpha value is -1.59. The highest BCUT2D eigenvalue weighted by atomic mass is 16.5. The molecule has 2 aromatic rings. The lowest BCUT2D eigenvalue weighted by molar-refractivity contribution is 0.0808. The Labute approximate surface area is 104 Å². The molecule has 1 aliphatic rings. The van der Waals surface area contributed by atoms with Crippen molar-refractivity contribution in [2.75, 3.05) is 13.7 Å². The van der Waals surface area contributed by atoms with Gasteiger partial charge in [0.15, 0.2) is 5.58 Å². The number of fused-ring (bicyclic) bond motifs is 1. The van der Waals surface area contributed by atoms with Crippen LogP contribution in [0.3, 0.4) is 0 Å². The third kappa shape index (κ3) is 1.95. The number of hydrogen-bond acceptors (Lipinski definition) is 4. The molecule has 96 valence electrons. The van der Waals surface area contributed by atoms with E-state index in [4.69, 9.17) is 9.15 Å². The predicted octanol–water partition coefficient (Wildman–Crippen LogP) is 1.56. The number of benzene rings is 1. The second-order valence-electron chi connectivity index (χ2n) is 4.59. The van der Waals surface area contributed by atoms with Gasteiger partial charge in [-0.05, 0) is 37.6 Å². The van der Waals surface area contributed by atoms with E-state index in [2.05, 4.69) is 10.3 Å². The van der Waals surface area contributed by atoms with Gasteiger partial charge in [0.25, 0.3) is 0 Å². The molecule has 1 fully saturated rings. The van der Waals surface area contributed by atoms with Crippen LogP contribution in [0.2, 0.25) is 0 Å². The van der Waals surface area contributed by atoms with Gasteiger partial charge in [0.05, 0.1) is 17.7 Å². The van der Waals surface area contributed by atoms with E-state index in [1.165, 1.54) is 0 Å². The Bertz CT molecular complexity index is 596. The summed E-state index contributed by atoms with van der Waals surface area (Å²) in [5.41, 5.74) is 2.40. The van der Waals surface area contributed by atoms with E-state index >= 15 is 0 Å². The topological polar surface area (TPSA) is 67.3 Å². The first-order valence-electron chi connectivity index (χ1n) is 6.19. The van der Waals surface area contributed by atoms with Crippen LogP contribution in [0, 0.1) is 0 Å². The van der Waals surface area contributed by atoms with E-state index < -0.39 is 5.76 Å². The molecule has 0 aliphatic carbocycles. The predicted molar refractivity (Wildman–Crippen MR) is 67.6 cm³/mol. The normalized spacial score (nSPS) is 21.5. The number of oxazole rings is 1. The first-order chi connectivity index (χ1) is 8.78. The van der Waals surface area contributed by atoms with Crippen LogP contribution in [0.5, 0.6) is 0 Å². The summed E-state index contributed by atoms with van der Waals surface area (Å²) in [5.74, 6) is -0.416. The number of hydrogen-bond donors (Lipinski definition) is 2. The minimum Gasteiger partial charge on any atom is -0.408 e. The molecule has 2 atom stereocenters. The molecule has 18 heavy (non-hydrogen) atoms. The molecule has 2 unspecified atom stereocenters. The molecule has 0 saturated carbocycles. The summed E-state index contributed by atoms with van der Waals surface area (Å²) in [6.07, 6.45) is 2.35. The minimum atomic E-state index is -0.416. The summed E-state index contributed by atoms with van der Waals surface area (Å²) in [6.45, 7) is 0.824. The summed E-state index contributed by atoms with van der Waals surface area (Å²) >= 11 is 0. The van der Waals surface area contributed by atoms with Crippen LogP contribution in [0.25, 0.3) is 11.1 Å². The fraction of sp³-hybridized carbons (Fsp3) is 0.462. The van der Waals surface area contributed by atoms with E-state index in [1.54, 1.807) is 0 Å². The second kappa shape index (κ2) is 4.59. The highest BCUT2D eigenvalue weighted by Gasteiger charge is 2.26. The Morgan fingerprint density at radius 2 is 2.39 bits per heavy atom. The summed E-state index contributed by atoms with van der Waals surface area (Å²) in [6, 6.07) is 5.90. The highest BCUT2D eigenvalue weighted by molar-refractivity contribution is 5.72. The Balaban J connectivity index is 1.98. The highest BCUT2D eigenvalue weighted by Crippen LogP contribution is 2.28. The molecule has 1 aromatic carbocycles. The molecular formula is C13H16N2O3. The Morgan fingerprint density at radius 1 is 1.50 bits per heavy atom. The molecule has 3 rings (SSSR count). The molecule has 1 saturated heterocycles. The van der Waals surface area contributed by atoms with Gasteiger partial charge < -0.3 is 14.5 Å². The van der Waals surface area contributed by atoms with Crippen LogP contribution >= 0.6 is 0 Å². The summed E-state index contributed by atoms with van der Waals surface area (Å²) in [5, 5.41) is 3.28. The van der Waals surface area contributed by atoms with Crippen molar-refractivity contribution < 1.29 is 9.15 Å². The fourth-order valence-corrected chi connectivity index (χ4v) is 2.59. The maximum absolute atomic E-state index is 11.1. The van der Waals surface area contributed by atoms with Gasteiger partial charge in [-0.3, -0.25) is 4.98 Å². The van der Waals surface area contributed by atoms with Crippen molar-refractivity contribution in [1.82, 2.24) is 10.3 Å². The average Bonchev–Trinajstić information content (AvgIpc) is 2.97. The van der Waals surface area contributed by atoms with Gasteiger partial charge in [0.1, 0.15) is 0 Å². The van der Waals surface area contributed by atoms with Gasteiger partial charge in [-0.25, -0.2) is 4.79 Å². The zero-order chi connectivity index (χ0) is 12.5. The fourth-order valence-electron chi connectivity index (χ4n) is 2.59. The van der Waals surface area contributed by atoms with E-state index in [9.17, 15) is 4.79 Å². The number of nitrogens with one attached hydrogen (secondary N) is 2.